The Kier molecular flexibility index (Phi) is 3.93. The van der Waals surface area contributed by atoms with Gasteiger partial charge in [-0.2, -0.15) is 13.2 Å². The van der Waals surface area contributed by atoms with E-state index in [9.17, 15) is 18.4 Å². The quantitative estimate of drug-likeness (QED) is 0.614. The molecule has 0 saturated heterocycles. The van der Waals surface area contributed by atoms with Gasteiger partial charge in [-0.3, -0.25) is 4.65 Å². The normalized spacial score (nSPS) is 19.9. The minimum atomic E-state index is -4.49. The molecule has 1 heterocycles. The number of rotatable bonds is 3. The molecule has 0 spiro atoms. The summed E-state index contributed by atoms with van der Waals surface area (Å²) in [6, 6.07) is 8.02. The maximum atomic E-state index is 13.4. The summed E-state index contributed by atoms with van der Waals surface area (Å²) in [6.07, 6.45) is -4.08. The zero-order valence-electron chi connectivity index (χ0n) is 13.2. The number of ether oxygens (including phenoxy) is 2. The Morgan fingerprint density at radius 2 is 1.62 bits per heavy atom. The van der Waals surface area contributed by atoms with Gasteiger partial charge in [-0.05, 0) is 6.07 Å². The van der Waals surface area contributed by atoms with Crippen molar-refractivity contribution in [1.82, 2.24) is 4.65 Å². The number of methoxy groups -OCH3 is 2. The molecule has 1 unspecified atom stereocenters. The number of nitrogens with zero attached hydrogens (tertiary/aromatic N) is 1. The predicted octanol–water partition coefficient (Wildman–Crippen LogP) is 4.42. The van der Waals surface area contributed by atoms with Gasteiger partial charge in [0.2, 0.25) is 0 Å². The van der Waals surface area contributed by atoms with Crippen LogP contribution in [0.4, 0.5) is 24.5 Å². The van der Waals surface area contributed by atoms with Crippen LogP contribution in [-0.2, 0) is 12.6 Å². The second-order valence-electron chi connectivity index (χ2n) is 5.63. The number of hydrogen-bond donors (Lipinski definition) is 0. The molecule has 128 valence electrons. The highest BCUT2D eigenvalue weighted by Crippen LogP contribution is 2.46. The maximum Gasteiger partial charge on any atom is 0.416 e. The van der Waals surface area contributed by atoms with E-state index < -0.39 is 16.4 Å². The number of quaternary nitrogens is 1. The molecule has 1 aliphatic rings. The second kappa shape index (κ2) is 5.68. The monoisotopic (exact) mass is 339 g/mol. The molecular formula is C17H16F3NO3. The molecule has 0 radical (unpaired) electrons. The molecule has 24 heavy (non-hydrogen) atoms. The Bertz CT molecular complexity index is 754. The lowest BCUT2D eigenvalue weighted by atomic mass is 10.1. The Morgan fingerprint density at radius 1 is 1.00 bits per heavy atom. The van der Waals surface area contributed by atoms with Crippen molar-refractivity contribution in [1.29, 1.82) is 0 Å². The van der Waals surface area contributed by atoms with Gasteiger partial charge < -0.3 is 14.7 Å². The SMILES string of the molecule is COc1cc(OC)cc([N+]2([O-])CCc3ccc(C(F)(F)F)cc32)c1. The van der Waals surface area contributed by atoms with Crippen LogP contribution in [0.1, 0.15) is 11.1 Å². The number of hydroxylamine groups is 1. The predicted molar refractivity (Wildman–Crippen MR) is 84.4 cm³/mol. The number of halogens is 3. The number of hydrogen-bond acceptors (Lipinski definition) is 3. The number of fused-ring (bicyclic) bond motifs is 1. The fourth-order valence-electron chi connectivity index (χ4n) is 2.96. The molecular weight excluding hydrogens is 323 g/mol. The van der Waals surface area contributed by atoms with Gasteiger partial charge in [0.15, 0.2) is 0 Å². The molecule has 0 bridgehead atoms. The van der Waals surface area contributed by atoms with Crippen molar-refractivity contribution in [3.8, 4) is 11.5 Å². The van der Waals surface area contributed by atoms with Crippen molar-refractivity contribution >= 4 is 11.4 Å². The van der Waals surface area contributed by atoms with Crippen LogP contribution in [0, 0.1) is 5.21 Å². The summed E-state index contributed by atoms with van der Waals surface area (Å²) in [6.45, 7) is 0.132. The zero-order valence-corrected chi connectivity index (χ0v) is 13.2. The standard InChI is InChI=1S/C17H16F3NO3/c1-23-14-8-13(9-15(10-14)24-2)21(22)6-5-11-3-4-12(7-16(11)21)17(18,19)20/h3-4,7-10H,5-6H2,1-2H3. The molecule has 1 atom stereocenters. The van der Waals surface area contributed by atoms with E-state index in [0.717, 1.165) is 12.1 Å². The van der Waals surface area contributed by atoms with Crippen molar-refractivity contribution in [2.75, 3.05) is 20.8 Å². The summed E-state index contributed by atoms with van der Waals surface area (Å²) in [7, 11) is 2.90. The Hall–Kier alpha value is -2.25. The minimum Gasteiger partial charge on any atom is -0.622 e. The van der Waals surface area contributed by atoms with E-state index in [0.29, 0.717) is 23.5 Å². The molecule has 0 aromatic heterocycles. The van der Waals surface area contributed by atoms with Crippen LogP contribution < -0.4 is 14.1 Å². The first-order valence-corrected chi connectivity index (χ1v) is 7.31. The van der Waals surface area contributed by atoms with Crippen molar-refractivity contribution in [2.45, 2.75) is 12.6 Å². The first-order valence-electron chi connectivity index (χ1n) is 7.31. The Balaban J connectivity index is 2.14. The highest BCUT2D eigenvalue weighted by molar-refractivity contribution is 5.69. The summed E-state index contributed by atoms with van der Waals surface area (Å²) in [5, 5.41) is 13.4. The largest absolute Gasteiger partial charge is 0.622 e. The molecule has 3 rings (SSSR count). The lowest BCUT2D eigenvalue weighted by Crippen LogP contribution is -2.35. The minimum absolute atomic E-state index is 0.111. The summed E-state index contributed by atoms with van der Waals surface area (Å²) < 4.78 is 48.3. The van der Waals surface area contributed by atoms with E-state index in [2.05, 4.69) is 0 Å². The molecule has 7 heteroatoms. The molecule has 0 aliphatic carbocycles. The van der Waals surface area contributed by atoms with Crippen LogP contribution in [0.2, 0.25) is 0 Å². The third-order valence-electron chi connectivity index (χ3n) is 4.25. The van der Waals surface area contributed by atoms with Crippen LogP contribution in [0.3, 0.4) is 0 Å². The van der Waals surface area contributed by atoms with Crippen molar-refractivity contribution < 1.29 is 22.6 Å². The summed E-state index contributed by atoms with van der Waals surface area (Å²) in [4.78, 5) is 0. The number of benzene rings is 2. The fraction of sp³-hybridized carbons (Fsp3) is 0.294. The fourth-order valence-corrected chi connectivity index (χ4v) is 2.96. The summed E-state index contributed by atoms with van der Waals surface area (Å²) in [5.74, 6) is 0.830. The van der Waals surface area contributed by atoms with Gasteiger partial charge in [0.1, 0.15) is 22.9 Å². The maximum absolute atomic E-state index is 13.4. The molecule has 2 aromatic rings. The van der Waals surface area contributed by atoms with Crippen LogP contribution >= 0.6 is 0 Å². The van der Waals surface area contributed by atoms with E-state index in [-0.39, 0.29) is 17.9 Å². The van der Waals surface area contributed by atoms with Crippen molar-refractivity contribution in [3.05, 3.63) is 52.7 Å². The van der Waals surface area contributed by atoms with Crippen LogP contribution in [0.25, 0.3) is 0 Å². The van der Waals surface area contributed by atoms with Crippen LogP contribution in [0.5, 0.6) is 11.5 Å². The highest BCUT2D eigenvalue weighted by atomic mass is 19.4. The van der Waals surface area contributed by atoms with E-state index in [1.807, 2.05) is 0 Å². The van der Waals surface area contributed by atoms with Crippen LogP contribution in [-0.4, -0.2) is 20.8 Å². The lowest BCUT2D eigenvalue weighted by Gasteiger charge is -2.38. The molecule has 0 saturated carbocycles. The third kappa shape index (κ3) is 2.70. The molecule has 4 nitrogen and oxygen atoms in total. The van der Waals surface area contributed by atoms with E-state index in [1.165, 1.54) is 32.4 Å². The van der Waals surface area contributed by atoms with Gasteiger partial charge in [0.05, 0.1) is 26.3 Å². The zero-order chi connectivity index (χ0) is 17.5. The van der Waals surface area contributed by atoms with Gasteiger partial charge >= 0.3 is 6.18 Å². The van der Waals surface area contributed by atoms with Crippen molar-refractivity contribution in [3.63, 3.8) is 0 Å². The Labute approximate surface area is 137 Å². The highest BCUT2D eigenvalue weighted by Gasteiger charge is 2.38. The second-order valence-corrected chi connectivity index (χ2v) is 5.63. The van der Waals surface area contributed by atoms with Gasteiger partial charge in [-0.1, -0.05) is 6.07 Å². The van der Waals surface area contributed by atoms with Gasteiger partial charge in [0.25, 0.3) is 0 Å². The Morgan fingerprint density at radius 3 is 2.17 bits per heavy atom. The van der Waals surface area contributed by atoms with Crippen molar-refractivity contribution in [2.24, 2.45) is 0 Å². The smallest absolute Gasteiger partial charge is 0.416 e. The molecule has 0 N–H and O–H groups in total. The number of alkyl halides is 3. The van der Waals surface area contributed by atoms with Crippen LogP contribution in [0.15, 0.2) is 36.4 Å². The topological polar surface area (TPSA) is 41.5 Å². The van der Waals surface area contributed by atoms with E-state index in [4.69, 9.17) is 9.47 Å². The van der Waals surface area contributed by atoms with E-state index >= 15 is 0 Å². The average molecular weight is 339 g/mol. The first-order chi connectivity index (χ1) is 11.3. The first kappa shape index (κ1) is 16.6. The average Bonchev–Trinajstić information content (AvgIpc) is 2.91. The lowest BCUT2D eigenvalue weighted by molar-refractivity contribution is -0.137. The van der Waals surface area contributed by atoms with Gasteiger partial charge in [0, 0.05) is 36.2 Å². The summed E-state index contributed by atoms with van der Waals surface area (Å²) >= 11 is 0. The van der Waals surface area contributed by atoms with E-state index in [1.54, 1.807) is 6.07 Å². The summed E-state index contributed by atoms with van der Waals surface area (Å²) in [5.41, 5.74) is 0.195. The molecule has 1 aliphatic heterocycles. The molecule has 2 aromatic carbocycles. The molecule has 0 fully saturated rings. The van der Waals surface area contributed by atoms with Gasteiger partial charge in [-0.25, -0.2) is 0 Å². The molecule has 0 amide bonds. The third-order valence-corrected chi connectivity index (χ3v) is 4.25. The van der Waals surface area contributed by atoms with Gasteiger partial charge in [-0.15, -0.1) is 0 Å².